The average molecular weight is 185 g/mol. The fourth-order valence-corrected chi connectivity index (χ4v) is 1.06. The molecule has 1 heterocycles. The molecule has 1 fully saturated rings. The molecule has 0 spiro atoms. The van der Waals surface area contributed by atoms with Gasteiger partial charge in [0, 0.05) is 12.6 Å². The van der Waals surface area contributed by atoms with E-state index in [1.165, 1.54) is 0 Å². The molecule has 0 radical (unpaired) electrons. The Morgan fingerprint density at radius 3 is 2.92 bits per heavy atom. The van der Waals surface area contributed by atoms with E-state index >= 15 is 0 Å². The summed E-state index contributed by atoms with van der Waals surface area (Å²) in [4.78, 5) is 22.1. The molecule has 3 amide bonds. The van der Waals surface area contributed by atoms with E-state index in [1.54, 1.807) is 0 Å². The van der Waals surface area contributed by atoms with E-state index in [0.29, 0.717) is 6.54 Å². The molecular weight excluding hydrogens is 170 g/mol. The van der Waals surface area contributed by atoms with Crippen molar-refractivity contribution < 1.29 is 9.59 Å². The zero-order chi connectivity index (χ0) is 9.84. The van der Waals surface area contributed by atoms with Gasteiger partial charge in [0.15, 0.2) is 0 Å². The van der Waals surface area contributed by atoms with Crippen molar-refractivity contribution in [1.29, 1.82) is 0 Å². The third-order valence-electron chi connectivity index (χ3n) is 2.09. The first-order valence-corrected chi connectivity index (χ1v) is 4.48. The molecule has 0 saturated carbocycles. The van der Waals surface area contributed by atoms with Crippen LogP contribution < -0.4 is 16.0 Å². The van der Waals surface area contributed by atoms with Crippen molar-refractivity contribution >= 4 is 11.9 Å². The molecule has 2 unspecified atom stereocenters. The van der Waals surface area contributed by atoms with Crippen molar-refractivity contribution in [1.82, 2.24) is 16.0 Å². The summed E-state index contributed by atoms with van der Waals surface area (Å²) in [5, 5.41) is 7.85. The van der Waals surface area contributed by atoms with Gasteiger partial charge in [0.25, 0.3) is 0 Å². The second-order valence-electron chi connectivity index (χ2n) is 3.22. The summed E-state index contributed by atoms with van der Waals surface area (Å²) < 4.78 is 0. The number of nitrogens with one attached hydrogen (secondary N) is 3. The molecule has 1 saturated heterocycles. The first kappa shape index (κ1) is 9.83. The Kier molecular flexibility index (Phi) is 3.11. The summed E-state index contributed by atoms with van der Waals surface area (Å²) in [5.41, 5.74) is 0. The van der Waals surface area contributed by atoms with Crippen LogP contribution in [0.3, 0.4) is 0 Å². The number of urea groups is 1. The van der Waals surface area contributed by atoms with Gasteiger partial charge in [-0.05, 0) is 13.3 Å². The van der Waals surface area contributed by atoms with Crippen molar-refractivity contribution in [3.63, 3.8) is 0 Å². The highest BCUT2D eigenvalue weighted by Gasteiger charge is 2.26. The molecular formula is C8H15N3O2. The number of hydrogen-bond acceptors (Lipinski definition) is 2. The standard InChI is InChI=1S/C8H15N3O2/c1-3-5(2)10-7(12)6-4-9-8(13)11-6/h5-6H,3-4H2,1-2H3,(H,10,12)(H2,9,11,13). The Labute approximate surface area is 77.3 Å². The van der Waals surface area contributed by atoms with Crippen molar-refractivity contribution in [2.75, 3.05) is 6.54 Å². The molecule has 1 aliphatic heterocycles. The zero-order valence-electron chi connectivity index (χ0n) is 7.89. The fraction of sp³-hybridized carbons (Fsp3) is 0.750. The summed E-state index contributed by atoms with van der Waals surface area (Å²) in [6, 6.07) is -0.532. The maximum absolute atomic E-state index is 11.4. The largest absolute Gasteiger partial charge is 0.352 e. The SMILES string of the molecule is CCC(C)NC(=O)C1CNC(=O)N1. The Morgan fingerprint density at radius 2 is 2.46 bits per heavy atom. The second-order valence-corrected chi connectivity index (χ2v) is 3.22. The number of hydrogen-bond donors (Lipinski definition) is 3. The van der Waals surface area contributed by atoms with Crippen LogP contribution in [-0.2, 0) is 4.79 Å². The molecule has 0 aromatic carbocycles. The zero-order valence-corrected chi connectivity index (χ0v) is 7.89. The summed E-state index contributed by atoms with van der Waals surface area (Å²) >= 11 is 0. The summed E-state index contributed by atoms with van der Waals surface area (Å²) in [6.07, 6.45) is 0.889. The smallest absolute Gasteiger partial charge is 0.315 e. The van der Waals surface area contributed by atoms with Crippen molar-refractivity contribution in [3.05, 3.63) is 0 Å². The van der Waals surface area contributed by atoms with Crippen LogP contribution in [0, 0.1) is 0 Å². The number of carbonyl (C=O) groups excluding carboxylic acids is 2. The Balaban J connectivity index is 2.35. The van der Waals surface area contributed by atoms with Gasteiger partial charge >= 0.3 is 6.03 Å². The summed E-state index contributed by atoms with van der Waals surface area (Å²) in [7, 11) is 0. The van der Waals surface area contributed by atoms with E-state index in [1.807, 2.05) is 13.8 Å². The molecule has 1 aliphatic rings. The molecule has 13 heavy (non-hydrogen) atoms. The van der Waals surface area contributed by atoms with E-state index in [9.17, 15) is 9.59 Å². The summed E-state index contributed by atoms with van der Waals surface area (Å²) in [5.74, 6) is -0.118. The lowest BCUT2D eigenvalue weighted by molar-refractivity contribution is -0.123. The van der Waals surface area contributed by atoms with E-state index in [4.69, 9.17) is 0 Å². The predicted molar refractivity (Wildman–Crippen MR) is 48.2 cm³/mol. The summed E-state index contributed by atoms with van der Waals surface area (Å²) in [6.45, 7) is 4.31. The van der Waals surface area contributed by atoms with Gasteiger partial charge in [0.1, 0.15) is 6.04 Å². The molecule has 0 aromatic rings. The molecule has 3 N–H and O–H groups in total. The van der Waals surface area contributed by atoms with Crippen LogP contribution in [0.15, 0.2) is 0 Å². The van der Waals surface area contributed by atoms with Gasteiger partial charge in [-0.1, -0.05) is 6.92 Å². The average Bonchev–Trinajstić information content (AvgIpc) is 2.51. The van der Waals surface area contributed by atoms with Crippen molar-refractivity contribution in [2.45, 2.75) is 32.4 Å². The minimum absolute atomic E-state index is 0.118. The van der Waals surface area contributed by atoms with Gasteiger partial charge in [-0.3, -0.25) is 4.79 Å². The highest BCUT2D eigenvalue weighted by atomic mass is 16.2. The molecule has 0 aliphatic carbocycles. The Hall–Kier alpha value is -1.26. The van der Waals surface area contributed by atoms with Gasteiger partial charge in [-0.15, -0.1) is 0 Å². The van der Waals surface area contributed by atoms with Gasteiger partial charge in [0.2, 0.25) is 5.91 Å². The predicted octanol–water partition coefficient (Wildman–Crippen LogP) is -0.417. The Bertz CT molecular complexity index is 217. The van der Waals surface area contributed by atoms with E-state index in [-0.39, 0.29) is 18.0 Å². The van der Waals surface area contributed by atoms with Gasteiger partial charge < -0.3 is 16.0 Å². The maximum atomic E-state index is 11.4. The number of carbonyl (C=O) groups is 2. The Morgan fingerprint density at radius 1 is 1.77 bits per heavy atom. The van der Waals surface area contributed by atoms with Crippen molar-refractivity contribution in [3.8, 4) is 0 Å². The van der Waals surface area contributed by atoms with Crippen LogP contribution in [0.5, 0.6) is 0 Å². The van der Waals surface area contributed by atoms with E-state index < -0.39 is 6.04 Å². The van der Waals surface area contributed by atoms with E-state index in [2.05, 4.69) is 16.0 Å². The first-order valence-electron chi connectivity index (χ1n) is 4.48. The maximum Gasteiger partial charge on any atom is 0.315 e. The lowest BCUT2D eigenvalue weighted by Gasteiger charge is -2.14. The van der Waals surface area contributed by atoms with Crippen LogP contribution in [-0.4, -0.2) is 30.6 Å². The van der Waals surface area contributed by atoms with Gasteiger partial charge in [0.05, 0.1) is 0 Å². The lowest BCUT2D eigenvalue weighted by Crippen LogP contribution is -2.45. The molecule has 5 heteroatoms. The third kappa shape index (κ3) is 2.61. The van der Waals surface area contributed by atoms with Crippen LogP contribution in [0.25, 0.3) is 0 Å². The topological polar surface area (TPSA) is 70.2 Å². The molecule has 5 nitrogen and oxygen atoms in total. The molecule has 0 aromatic heterocycles. The first-order chi connectivity index (χ1) is 6.13. The quantitative estimate of drug-likeness (QED) is 0.559. The number of rotatable bonds is 3. The third-order valence-corrected chi connectivity index (χ3v) is 2.09. The molecule has 74 valence electrons. The minimum Gasteiger partial charge on any atom is -0.352 e. The second kappa shape index (κ2) is 4.11. The normalized spacial score (nSPS) is 23.2. The highest BCUT2D eigenvalue weighted by molar-refractivity contribution is 5.90. The van der Waals surface area contributed by atoms with Crippen LogP contribution in [0.1, 0.15) is 20.3 Å². The fourth-order valence-electron chi connectivity index (χ4n) is 1.06. The highest BCUT2D eigenvalue weighted by Crippen LogP contribution is 1.94. The molecule has 1 rings (SSSR count). The van der Waals surface area contributed by atoms with Crippen LogP contribution >= 0.6 is 0 Å². The minimum atomic E-state index is -0.415. The molecule has 2 atom stereocenters. The van der Waals surface area contributed by atoms with Gasteiger partial charge in [-0.2, -0.15) is 0 Å². The van der Waals surface area contributed by atoms with Crippen LogP contribution in [0.2, 0.25) is 0 Å². The molecule has 0 bridgehead atoms. The monoisotopic (exact) mass is 185 g/mol. The van der Waals surface area contributed by atoms with E-state index in [0.717, 1.165) is 6.42 Å². The number of amides is 3. The lowest BCUT2D eigenvalue weighted by atomic mass is 10.2. The van der Waals surface area contributed by atoms with Crippen molar-refractivity contribution in [2.24, 2.45) is 0 Å². The van der Waals surface area contributed by atoms with Gasteiger partial charge in [-0.25, -0.2) is 4.79 Å². The van der Waals surface area contributed by atoms with Crippen LogP contribution in [0.4, 0.5) is 4.79 Å².